The minimum Gasteiger partial charge on any atom is -0.489 e. The Kier molecular flexibility index (Phi) is 5.78. The van der Waals surface area contributed by atoms with Gasteiger partial charge in [0.1, 0.15) is 12.4 Å². The molecule has 1 aliphatic carbocycles. The molecule has 2 heteroatoms. The highest BCUT2D eigenvalue weighted by Gasteiger charge is 2.32. The number of hydrogen-bond acceptors (Lipinski definition) is 1. The van der Waals surface area contributed by atoms with Gasteiger partial charge in [-0.1, -0.05) is 69.2 Å². The van der Waals surface area contributed by atoms with E-state index in [0.717, 1.165) is 12.2 Å². The van der Waals surface area contributed by atoms with Crippen LogP contribution < -0.4 is 4.74 Å². The molecule has 0 atom stereocenters. The Labute approximate surface area is 197 Å². The average Bonchev–Trinajstić information content (AvgIpc) is 3.41. The second-order valence-electron chi connectivity index (χ2n) is 10.1. The highest BCUT2D eigenvalue weighted by molar-refractivity contribution is 6.09. The van der Waals surface area contributed by atoms with Gasteiger partial charge in [-0.05, 0) is 79.5 Å². The summed E-state index contributed by atoms with van der Waals surface area (Å²) in [7, 11) is 0. The molecule has 5 rings (SSSR count). The van der Waals surface area contributed by atoms with Crippen molar-refractivity contribution in [3.63, 3.8) is 0 Å². The topological polar surface area (TPSA) is 14.2 Å². The molecular weight excluding hydrogens is 402 g/mol. The van der Waals surface area contributed by atoms with Crippen molar-refractivity contribution in [1.82, 2.24) is 4.57 Å². The molecule has 0 N–H and O–H groups in total. The predicted molar refractivity (Wildman–Crippen MR) is 141 cm³/mol. The van der Waals surface area contributed by atoms with Crippen molar-refractivity contribution >= 4 is 21.8 Å². The number of fused-ring (bicyclic) bond motifs is 3. The minimum absolute atomic E-state index is 0.463. The van der Waals surface area contributed by atoms with E-state index in [1.165, 1.54) is 76.3 Å². The molecular formula is C31H35NO. The first-order chi connectivity index (χ1) is 16.0. The summed E-state index contributed by atoms with van der Waals surface area (Å²) in [5.74, 6) is 0.998. The fraction of sp³-hybridized carbons (Fsp3) is 0.355. The van der Waals surface area contributed by atoms with Gasteiger partial charge in [-0.3, -0.25) is 0 Å². The Hall–Kier alpha value is -3.00. The van der Waals surface area contributed by atoms with Gasteiger partial charge in [-0.15, -0.1) is 0 Å². The molecule has 0 saturated heterocycles. The smallest absolute Gasteiger partial charge is 0.125 e. The van der Waals surface area contributed by atoms with Gasteiger partial charge in [-0.25, -0.2) is 0 Å². The molecule has 170 valence electrons. The predicted octanol–water partition coefficient (Wildman–Crippen LogP) is 8.70. The van der Waals surface area contributed by atoms with Crippen molar-refractivity contribution in [2.75, 3.05) is 6.61 Å². The van der Waals surface area contributed by atoms with Crippen LogP contribution in [0.3, 0.4) is 0 Å². The number of aromatic nitrogens is 1. The maximum Gasteiger partial charge on any atom is 0.125 e. The van der Waals surface area contributed by atoms with E-state index in [1.54, 1.807) is 0 Å². The molecule has 1 saturated carbocycles. The molecule has 1 aliphatic rings. The third kappa shape index (κ3) is 3.97. The lowest BCUT2D eigenvalue weighted by Gasteiger charge is -2.28. The maximum atomic E-state index is 6.37. The van der Waals surface area contributed by atoms with Crippen LogP contribution in [0.2, 0.25) is 0 Å². The van der Waals surface area contributed by atoms with Crippen LogP contribution in [0, 0.1) is 19.3 Å². The van der Waals surface area contributed by atoms with Gasteiger partial charge in [0.05, 0.1) is 11.0 Å². The first-order valence-electron chi connectivity index (χ1n) is 12.4. The van der Waals surface area contributed by atoms with Gasteiger partial charge >= 0.3 is 0 Å². The van der Waals surface area contributed by atoms with E-state index < -0.39 is 0 Å². The summed E-state index contributed by atoms with van der Waals surface area (Å²) in [6.07, 6.45) is 7.76. The normalized spacial score (nSPS) is 15.4. The van der Waals surface area contributed by atoms with Crippen molar-refractivity contribution in [3.05, 3.63) is 83.9 Å². The molecule has 1 heterocycles. The number of benzene rings is 3. The summed E-state index contributed by atoms with van der Waals surface area (Å²) in [5.41, 5.74) is 7.69. The van der Waals surface area contributed by atoms with Gasteiger partial charge in [0.15, 0.2) is 0 Å². The average molecular weight is 438 g/mol. The molecule has 3 aromatic carbocycles. The van der Waals surface area contributed by atoms with E-state index in [9.17, 15) is 0 Å². The Morgan fingerprint density at radius 3 is 2.00 bits per heavy atom. The van der Waals surface area contributed by atoms with E-state index in [0.29, 0.717) is 12.0 Å². The second-order valence-corrected chi connectivity index (χ2v) is 10.1. The number of rotatable bonds is 7. The summed E-state index contributed by atoms with van der Waals surface area (Å²) < 4.78 is 8.74. The van der Waals surface area contributed by atoms with Gasteiger partial charge < -0.3 is 9.30 Å². The van der Waals surface area contributed by atoms with Crippen LogP contribution in [0.1, 0.15) is 56.6 Å². The molecule has 1 aromatic heterocycles. The Morgan fingerprint density at radius 2 is 1.45 bits per heavy atom. The first-order valence-corrected chi connectivity index (χ1v) is 12.4. The fourth-order valence-electron chi connectivity index (χ4n) is 6.02. The molecule has 0 aliphatic heterocycles. The zero-order valence-electron chi connectivity index (χ0n) is 20.3. The molecule has 0 amide bonds. The quantitative estimate of drug-likeness (QED) is 0.264. The van der Waals surface area contributed by atoms with Crippen LogP contribution in [-0.2, 0) is 0 Å². The van der Waals surface area contributed by atoms with Crippen LogP contribution >= 0.6 is 0 Å². The van der Waals surface area contributed by atoms with Gasteiger partial charge in [0, 0.05) is 16.5 Å². The van der Waals surface area contributed by atoms with Crippen LogP contribution in [-0.4, -0.2) is 11.2 Å². The minimum atomic E-state index is 0.463. The van der Waals surface area contributed by atoms with Crippen molar-refractivity contribution < 1.29 is 4.74 Å². The van der Waals surface area contributed by atoms with Crippen molar-refractivity contribution in [2.45, 2.75) is 59.3 Å². The highest BCUT2D eigenvalue weighted by atomic mass is 16.5. The van der Waals surface area contributed by atoms with E-state index in [-0.39, 0.29) is 0 Å². The zero-order chi connectivity index (χ0) is 23.0. The Morgan fingerprint density at radius 1 is 0.909 bits per heavy atom. The summed E-state index contributed by atoms with van der Waals surface area (Å²) in [5, 5.41) is 2.58. The van der Waals surface area contributed by atoms with E-state index in [2.05, 4.69) is 92.6 Å². The summed E-state index contributed by atoms with van der Waals surface area (Å²) >= 11 is 0. The molecule has 0 bridgehead atoms. The van der Waals surface area contributed by atoms with E-state index >= 15 is 0 Å². The molecule has 0 radical (unpaired) electrons. The molecule has 0 spiro atoms. The second kappa shape index (κ2) is 8.74. The van der Waals surface area contributed by atoms with Crippen molar-refractivity contribution in [2.24, 2.45) is 5.41 Å². The lowest BCUT2D eigenvalue weighted by atomic mass is 9.78. The van der Waals surface area contributed by atoms with Crippen LogP contribution in [0.4, 0.5) is 0 Å². The Balaban J connectivity index is 1.43. The van der Waals surface area contributed by atoms with Crippen LogP contribution in [0.5, 0.6) is 5.75 Å². The first kappa shape index (κ1) is 21.8. The summed E-state index contributed by atoms with van der Waals surface area (Å²) in [4.78, 5) is 0. The summed E-state index contributed by atoms with van der Waals surface area (Å²) in [6.45, 7) is 11.6. The van der Waals surface area contributed by atoms with E-state index in [4.69, 9.17) is 4.74 Å². The standard InChI is InChI=1S/C31H35NO/c1-5-31(16-10-11-17-31)20-22(2)21-33-30-23(3)18-25(19-24(30)4)32-28-14-8-6-12-26(28)27-13-7-9-15-29(27)32/h6-9,12-15,18-19H,2,5,10-11,16-17,20-21H2,1,3-4H3. The summed E-state index contributed by atoms with van der Waals surface area (Å²) in [6, 6.07) is 21.8. The number of hydrogen-bond donors (Lipinski definition) is 0. The number of ether oxygens (including phenoxy) is 1. The third-order valence-corrected chi connectivity index (χ3v) is 7.74. The molecule has 0 unspecified atom stereocenters. The molecule has 33 heavy (non-hydrogen) atoms. The largest absolute Gasteiger partial charge is 0.489 e. The van der Waals surface area contributed by atoms with E-state index in [1.807, 2.05) is 0 Å². The van der Waals surface area contributed by atoms with Gasteiger partial charge in [0.25, 0.3) is 0 Å². The maximum absolute atomic E-state index is 6.37. The number of nitrogens with zero attached hydrogens (tertiary/aromatic N) is 1. The number of aryl methyl sites for hydroxylation is 2. The molecule has 4 aromatic rings. The third-order valence-electron chi connectivity index (χ3n) is 7.74. The Bertz CT molecular complexity index is 1240. The van der Waals surface area contributed by atoms with Crippen molar-refractivity contribution in [1.29, 1.82) is 0 Å². The lowest BCUT2D eigenvalue weighted by molar-refractivity contribution is 0.260. The monoisotopic (exact) mass is 437 g/mol. The zero-order valence-corrected chi connectivity index (χ0v) is 20.3. The lowest BCUT2D eigenvalue weighted by Crippen LogP contribution is -2.18. The van der Waals surface area contributed by atoms with Crippen molar-refractivity contribution in [3.8, 4) is 11.4 Å². The van der Waals surface area contributed by atoms with Gasteiger partial charge in [0.2, 0.25) is 0 Å². The SMILES string of the molecule is C=C(COc1c(C)cc(-n2c3ccccc3c3ccccc32)cc1C)CC1(CC)CCCC1. The highest BCUT2D eigenvalue weighted by Crippen LogP contribution is 2.45. The number of para-hydroxylation sites is 2. The fourth-order valence-corrected chi connectivity index (χ4v) is 6.02. The van der Waals surface area contributed by atoms with Crippen LogP contribution in [0.25, 0.3) is 27.5 Å². The molecule has 1 fully saturated rings. The van der Waals surface area contributed by atoms with Gasteiger partial charge in [-0.2, -0.15) is 0 Å². The molecule has 2 nitrogen and oxygen atoms in total. The van der Waals surface area contributed by atoms with Crippen LogP contribution in [0.15, 0.2) is 72.8 Å².